The van der Waals surface area contributed by atoms with Crippen LogP contribution in [0.25, 0.3) is 0 Å². The van der Waals surface area contributed by atoms with E-state index in [1.165, 1.54) is 10.5 Å². The van der Waals surface area contributed by atoms with Gasteiger partial charge < -0.3 is 14.8 Å². The van der Waals surface area contributed by atoms with Crippen LogP contribution in [0, 0.1) is 0 Å². The topological polar surface area (TPSA) is 43.4 Å². The molecule has 1 aromatic heterocycles. The molecule has 5 heteroatoms. The van der Waals surface area contributed by atoms with E-state index in [-0.39, 0.29) is 0 Å². The summed E-state index contributed by atoms with van der Waals surface area (Å²) in [7, 11) is 1.67. The standard InChI is InChI=1S/C19H24N2O2S/c1-14-12-17(16-7-3-4-8-18(16)24-14)21-13-15-6-5-9-20-19(15)23-11-10-22-2/h3-9,14,17,21H,10-13H2,1-2H3/t14-,17-/m1/s1. The highest BCUT2D eigenvalue weighted by Gasteiger charge is 2.24. The van der Waals surface area contributed by atoms with Crippen molar-refractivity contribution in [1.82, 2.24) is 10.3 Å². The van der Waals surface area contributed by atoms with E-state index in [9.17, 15) is 0 Å². The molecule has 0 bridgehead atoms. The molecule has 0 radical (unpaired) electrons. The Morgan fingerprint density at radius 2 is 2.08 bits per heavy atom. The van der Waals surface area contributed by atoms with Crippen LogP contribution in [0.3, 0.4) is 0 Å². The zero-order valence-electron chi connectivity index (χ0n) is 14.2. The summed E-state index contributed by atoms with van der Waals surface area (Å²) < 4.78 is 10.8. The predicted octanol–water partition coefficient (Wildman–Crippen LogP) is 3.82. The zero-order valence-corrected chi connectivity index (χ0v) is 15.0. The van der Waals surface area contributed by atoms with Gasteiger partial charge in [-0.3, -0.25) is 0 Å². The molecule has 0 unspecified atom stereocenters. The maximum absolute atomic E-state index is 5.73. The number of methoxy groups -OCH3 is 1. The van der Waals surface area contributed by atoms with Crippen molar-refractivity contribution in [1.29, 1.82) is 0 Å². The number of nitrogens with one attached hydrogen (secondary N) is 1. The molecule has 2 heterocycles. The van der Waals surface area contributed by atoms with Crippen molar-refractivity contribution >= 4 is 11.8 Å². The first-order chi connectivity index (χ1) is 11.8. The molecular formula is C19H24N2O2S. The lowest BCUT2D eigenvalue weighted by molar-refractivity contribution is 0.143. The van der Waals surface area contributed by atoms with Crippen LogP contribution in [-0.4, -0.2) is 30.6 Å². The minimum Gasteiger partial charge on any atom is -0.475 e. The molecule has 0 saturated heterocycles. The normalized spacial score (nSPS) is 19.8. The molecule has 3 rings (SSSR count). The summed E-state index contributed by atoms with van der Waals surface area (Å²) in [6, 6.07) is 13.1. The van der Waals surface area contributed by atoms with Crippen molar-refractivity contribution < 1.29 is 9.47 Å². The zero-order chi connectivity index (χ0) is 16.8. The van der Waals surface area contributed by atoms with Crippen LogP contribution < -0.4 is 10.1 Å². The smallest absolute Gasteiger partial charge is 0.217 e. The minimum absolute atomic E-state index is 0.365. The SMILES string of the molecule is COCCOc1ncccc1CN[C@@H]1C[C@@H](C)Sc2ccccc21. The summed E-state index contributed by atoms with van der Waals surface area (Å²) in [6.45, 7) is 4.11. The third kappa shape index (κ3) is 4.29. The van der Waals surface area contributed by atoms with Gasteiger partial charge in [0.05, 0.1) is 6.61 Å². The van der Waals surface area contributed by atoms with Gasteiger partial charge >= 0.3 is 0 Å². The number of nitrogens with zero attached hydrogens (tertiary/aromatic N) is 1. The van der Waals surface area contributed by atoms with Gasteiger partial charge in [0.15, 0.2) is 0 Å². The Morgan fingerprint density at radius 1 is 1.21 bits per heavy atom. The molecule has 1 N–H and O–H groups in total. The van der Waals surface area contributed by atoms with Gasteiger partial charge in [0.2, 0.25) is 5.88 Å². The van der Waals surface area contributed by atoms with E-state index in [1.54, 1.807) is 13.3 Å². The van der Waals surface area contributed by atoms with Crippen molar-refractivity contribution in [3.05, 3.63) is 53.7 Å². The van der Waals surface area contributed by atoms with Gasteiger partial charge in [-0.05, 0) is 24.1 Å². The third-order valence-corrected chi connectivity index (χ3v) is 5.33. The van der Waals surface area contributed by atoms with E-state index in [4.69, 9.17) is 9.47 Å². The van der Waals surface area contributed by atoms with Crippen LogP contribution in [0.15, 0.2) is 47.5 Å². The average Bonchev–Trinajstić information content (AvgIpc) is 2.60. The van der Waals surface area contributed by atoms with Crippen LogP contribution in [0.2, 0.25) is 0 Å². The molecule has 0 saturated carbocycles. The molecule has 24 heavy (non-hydrogen) atoms. The fourth-order valence-electron chi connectivity index (χ4n) is 2.94. The monoisotopic (exact) mass is 344 g/mol. The number of hydrogen-bond acceptors (Lipinski definition) is 5. The van der Waals surface area contributed by atoms with Gasteiger partial charge in [0.1, 0.15) is 6.61 Å². The lowest BCUT2D eigenvalue weighted by Gasteiger charge is -2.30. The maximum atomic E-state index is 5.73. The summed E-state index contributed by atoms with van der Waals surface area (Å²) in [5.74, 6) is 0.688. The summed E-state index contributed by atoms with van der Waals surface area (Å²) >= 11 is 1.96. The van der Waals surface area contributed by atoms with Gasteiger partial charge in [-0.1, -0.05) is 31.2 Å². The predicted molar refractivity (Wildman–Crippen MR) is 97.6 cm³/mol. The van der Waals surface area contributed by atoms with E-state index >= 15 is 0 Å². The van der Waals surface area contributed by atoms with E-state index in [0.717, 1.165) is 18.5 Å². The molecule has 2 aromatic rings. The second-order valence-electron chi connectivity index (χ2n) is 5.94. The summed E-state index contributed by atoms with van der Waals surface area (Å²) in [5, 5.41) is 4.31. The average molecular weight is 344 g/mol. The van der Waals surface area contributed by atoms with Gasteiger partial charge in [-0.2, -0.15) is 0 Å². The molecule has 0 fully saturated rings. The van der Waals surface area contributed by atoms with Crippen LogP contribution in [0.5, 0.6) is 5.88 Å². The Balaban J connectivity index is 1.68. The number of thioether (sulfide) groups is 1. The molecule has 1 aliphatic rings. The van der Waals surface area contributed by atoms with E-state index < -0.39 is 0 Å². The van der Waals surface area contributed by atoms with E-state index in [1.807, 2.05) is 17.8 Å². The van der Waals surface area contributed by atoms with Crippen molar-refractivity contribution in [2.45, 2.75) is 36.1 Å². The van der Waals surface area contributed by atoms with Crippen LogP contribution in [0.1, 0.15) is 30.5 Å². The second kappa shape index (κ2) is 8.51. The fourth-order valence-corrected chi connectivity index (χ4v) is 4.16. The molecule has 0 spiro atoms. The molecule has 4 nitrogen and oxygen atoms in total. The number of fused-ring (bicyclic) bond motifs is 1. The minimum atomic E-state index is 0.365. The number of benzene rings is 1. The molecule has 1 aliphatic heterocycles. The number of rotatable bonds is 7. The van der Waals surface area contributed by atoms with Crippen molar-refractivity contribution in [3.8, 4) is 5.88 Å². The summed E-state index contributed by atoms with van der Waals surface area (Å²) in [5.41, 5.74) is 2.48. The number of aromatic nitrogens is 1. The Labute approximate surface area is 148 Å². The fraction of sp³-hybridized carbons (Fsp3) is 0.421. The Bertz CT molecular complexity index is 665. The first kappa shape index (κ1) is 17.3. The Hall–Kier alpha value is -1.56. The van der Waals surface area contributed by atoms with Crippen molar-refractivity contribution in [2.24, 2.45) is 0 Å². The van der Waals surface area contributed by atoms with Crippen molar-refractivity contribution in [2.75, 3.05) is 20.3 Å². The van der Waals surface area contributed by atoms with Gasteiger partial charge in [-0.15, -0.1) is 11.8 Å². The third-order valence-electron chi connectivity index (χ3n) is 4.11. The highest BCUT2D eigenvalue weighted by molar-refractivity contribution is 8.00. The van der Waals surface area contributed by atoms with Crippen LogP contribution in [-0.2, 0) is 11.3 Å². The molecule has 0 amide bonds. The lowest BCUT2D eigenvalue weighted by Crippen LogP contribution is -2.27. The van der Waals surface area contributed by atoms with Crippen LogP contribution >= 0.6 is 11.8 Å². The molecular weight excluding hydrogens is 320 g/mol. The van der Waals surface area contributed by atoms with Crippen LogP contribution in [0.4, 0.5) is 0 Å². The highest BCUT2D eigenvalue weighted by atomic mass is 32.2. The summed E-state index contributed by atoms with van der Waals surface area (Å²) in [4.78, 5) is 5.74. The lowest BCUT2D eigenvalue weighted by atomic mass is 10.0. The highest BCUT2D eigenvalue weighted by Crippen LogP contribution is 2.40. The van der Waals surface area contributed by atoms with Crippen molar-refractivity contribution in [3.63, 3.8) is 0 Å². The van der Waals surface area contributed by atoms with Gasteiger partial charge in [0, 0.05) is 41.6 Å². The maximum Gasteiger partial charge on any atom is 0.217 e. The largest absolute Gasteiger partial charge is 0.475 e. The summed E-state index contributed by atoms with van der Waals surface area (Å²) in [6.07, 6.45) is 2.89. The van der Waals surface area contributed by atoms with Gasteiger partial charge in [-0.25, -0.2) is 4.98 Å². The number of hydrogen-bond donors (Lipinski definition) is 1. The quantitative estimate of drug-likeness (QED) is 0.774. The Kier molecular flexibility index (Phi) is 6.12. The van der Waals surface area contributed by atoms with E-state index in [2.05, 4.69) is 47.6 Å². The first-order valence-corrected chi connectivity index (χ1v) is 9.20. The molecule has 2 atom stereocenters. The van der Waals surface area contributed by atoms with Gasteiger partial charge in [0.25, 0.3) is 0 Å². The molecule has 128 valence electrons. The number of pyridine rings is 1. The Morgan fingerprint density at radius 3 is 2.96 bits per heavy atom. The molecule has 0 aliphatic carbocycles. The number of ether oxygens (including phenoxy) is 2. The second-order valence-corrected chi connectivity index (χ2v) is 7.42. The van der Waals surface area contributed by atoms with E-state index in [0.29, 0.717) is 30.4 Å². The first-order valence-electron chi connectivity index (χ1n) is 8.32. The molecule has 1 aromatic carbocycles.